The first-order valence-electron chi connectivity index (χ1n) is 10.6. The van der Waals surface area contributed by atoms with E-state index in [1.165, 1.54) is 16.5 Å². The van der Waals surface area contributed by atoms with Crippen LogP contribution < -0.4 is 10.9 Å². The van der Waals surface area contributed by atoms with E-state index in [-0.39, 0.29) is 11.6 Å². The summed E-state index contributed by atoms with van der Waals surface area (Å²) in [7, 11) is 0. The molecule has 1 aromatic carbocycles. The minimum atomic E-state index is -0.0250. The molecule has 6 nitrogen and oxygen atoms in total. The Morgan fingerprint density at radius 2 is 1.80 bits per heavy atom. The van der Waals surface area contributed by atoms with Crippen LogP contribution in [0.25, 0.3) is 22.2 Å². The molecule has 0 spiro atoms. The van der Waals surface area contributed by atoms with Gasteiger partial charge in [-0.05, 0) is 55.5 Å². The fourth-order valence-electron chi connectivity index (χ4n) is 4.42. The zero-order valence-electron chi connectivity index (χ0n) is 16.8. The van der Waals surface area contributed by atoms with Crippen molar-refractivity contribution in [2.75, 3.05) is 0 Å². The molecule has 0 amide bonds. The van der Waals surface area contributed by atoms with Crippen molar-refractivity contribution in [3.63, 3.8) is 0 Å². The number of benzene rings is 1. The minimum Gasteiger partial charge on any atom is -0.361 e. The number of rotatable bonds is 5. The number of hydrogen-bond donors (Lipinski definition) is 2. The van der Waals surface area contributed by atoms with Crippen molar-refractivity contribution in [2.45, 2.75) is 44.3 Å². The predicted octanol–water partition coefficient (Wildman–Crippen LogP) is 4.06. The van der Waals surface area contributed by atoms with Gasteiger partial charge in [0.05, 0.1) is 11.7 Å². The van der Waals surface area contributed by atoms with E-state index in [1.807, 2.05) is 12.1 Å². The first kappa shape index (κ1) is 18.8. The van der Waals surface area contributed by atoms with Gasteiger partial charge in [-0.15, -0.1) is 0 Å². The molecule has 0 bridgehead atoms. The van der Waals surface area contributed by atoms with Crippen molar-refractivity contribution in [2.24, 2.45) is 0 Å². The molecule has 5 rings (SSSR count). The summed E-state index contributed by atoms with van der Waals surface area (Å²) < 4.78 is 1.69. The monoisotopic (exact) mass is 399 g/mol. The topological polar surface area (TPSA) is 75.6 Å². The lowest BCUT2D eigenvalue weighted by Crippen LogP contribution is -2.36. The molecule has 30 heavy (non-hydrogen) atoms. The van der Waals surface area contributed by atoms with Crippen molar-refractivity contribution < 1.29 is 0 Å². The van der Waals surface area contributed by atoms with Gasteiger partial charge in [-0.1, -0.05) is 18.2 Å². The molecule has 6 heteroatoms. The maximum Gasteiger partial charge on any atom is 0.267 e. The van der Waals surface area contributed by atoms with Gasteiger partial charge in [0.25, 0.3) is 5.56 Å². The van der Waals surface area contributed by atoms with Gasteiger partial charge in [-0.2, -0.15) is 5.10 Å². The predicted molar refractivity (Wildman–Crippen MR) is 118 cm³/mol. The van der Waals surface area contributed by atoms with Crippen LogP contribution in [-0.2, 0) is 6.54 Å². The molecular formula is C24H25N5O. The summed E-state index contributed by atoms with van der Waals surface area (Å²) >= 11 is 0. The van der Waals surface area contributed by atoms with Crippen molar-refractivity contribution in [3.8, 4) is 11.3 Å². The molecule has 2 N–H and O–H groups in total. The Labute approximate surface area is 175 Å². The highest BCUT2D eigenvalue weighted by atomic mass is 16.1. The van der Waals surface area contributed by atoms with Gasteiger partial charge in [-0.25, -0.2) is 4.68 Å². The van der Waals surface area contributed by atoms with Crippen molar-refractivity contribution in [1.29, 1.82) is 0 Å². The van der Waals surface area contributed by atoms with Crippen LogP contribution in [0.5, 0.6) is 0 Å². The second-order valence-corrected chi connectivity index (χ2v) is 7.98. The number of aromatic nitrogens is 4. The van der Waals surface area contributed by atoms with Gasteiger partial charge < -0.3 is 10.3 Å². The van der Waals surface area contributed by atoms with Crippen LogP contribution >= 0.6 is 0 Å². The quantitative estimate of drug-likeness (QED) is 0.531. The number of fused-ring (bicyclic) bond motifs is 1. The Balaban J connectivity index is 1.23. The molecule has 0 aliphatic heterocycles. The van der Waals surface area contributed by atoms with Crippen molar-refractivity contribution in [1.82, 2.24) is 25.1 Å². The number of para-hydroxylation sites is 1. The van der Waals surface area contributed by atoms with Crippen LogP contribution in [0, 0.1) is 0 Å². The summed E-state index contributed by atoms with van der Waals surface area (Å²) in [6.45, 7) is 0.856. The molecule has 3 heterocycles. The van der Waals surface area contributed by atoms with Crippen LogP contribution in [-0.4, -0.2) is 25.8 Å². The third kappa shape index (κ3) is 3.78. The van der Waals surface area contributed by atoms with Crippen molar-refractivity contribution >= 4 is 10.9 Å². The van der Waals surface area contributed by atoms with E-state index in [9.17, 15) is 4.79 Å². The van der Waals surface area contributed by atoms with Crippen LogP contribution in [0.4, 0.5) is 0 Å². The van der Waals surface area contributed by atoms with Crippen LogP contribution in [0.3, 0.4) is 0 Å². The zero-order valence-corrected chi connectivity index (χ0v) is 16.8. The molecule has 152 valence electrons. The molecule has 1 aliphatic carbocycles. The van der Waals surface area contributed by atoms with Crippen LogP contribution in [0.2, 0.25) is 0 Å². The maximum atomic E-state index is 12.5. The molecule has 0 atom stereocenters. The van der Waals surface area contributed by atoms with Gasteiger partial charge in [0.2, 0.25) is 0 Å². The Kier molecular flexibility index (Phi) is 5.15. The number of pyridine rings is 1. The fourth-order valence-corrected chi connectivity index (χ4v) is 4.42. The molecule has 0 unspecified atom stereocenters. The average Bonchev–Trinajstić information content (AvgIpc) is 3.22. The van der Waals surface area contributed by atoms with E-state index in [1.54, 1.807) is 29.2 Å². The summed E-state index contributed by atoms with van der Waals surface area (Å²) in [5.41, 5.74) is 4.25. The van der Waals surface area contributed by atoms with Gasteiger partial charge in [0.1, 0.15) is 0 Å². The number of nitrogens with one attached hydrogen (secondary N) is 2. The number of nitrogens with zero attached hydrogens (tertiary/aromatic N) is 3. The maximum absolute atomic E-state index is 12.5. The Morgan fingerprint density at radius 3 is 2.63 bits per heavy atom. The SMILES string of the molecule is O=c1ccc(-c2ccncc2)nn1C1CCC(NCc2c[nH]c3ccccc23)CC1. The van der Waals surface area contributed by atoms with E-state index in [0.717, 1.165) is 43.5 Å². The third-order valence-corrected chi connectivity index (χ3v) is 6.10. The normalized spacial score (nSPS) is 19.2. The second kappa shape index (κ2) is 8.24. The molecule has 3 aromatic heterocycles. The first-order valence-corrected chi connectivity index (χ1v) is 10.6. The highest BCUT2D eigenvalue weighted by Crippen LogP contribution is 2.28. The van der Waals surface area contributed by atoms with Gasteiger partial charge in [-0.3, -0.25) is 9.78 Å². The standard InChI is InChI=1S/C24H25N5O/c30-24-10-9-22(17-11-13-25-14-12-17)28-29(24)20-7-5-19(6-8-20)26-15-18-16-27-23-4-2-1-3-21(18)23/h1-4,9-14,16,19-20,26-27H,5-8,15H2. The van der Waals surface area contributed by atoms with Crippen LogP contribution in [0.15, 0.2) is 71.9 Å². The fraction of sp³-hybridized carbons (Fsp3) is 0.292. The molecule has 0 radical (unpaired) electrons. The summed E-state index contributed by atoms with van der Waals surface area (Å²) in [5, 5.41) is 9.65. The summed E-state index contributed by atoms with van der Waals surface area (Å²) in [4.78, 5) is 19.9. The lowest BCUT2D eigenvalue weighted by Gasteiger charge is -2.29. The number of H-pyrrole nitrogens is 1. The molecule has 4 aromatic rings. The van der Waals surface area contributed by atoms with Gasteiger partial charge in [0, 0.05) is 53.7 Å². The first-order chi connectivity index (χ1) is 14.8. The molecule has 1 aliphatic rings. The van der Waals surface area contributed by atoms with E-state index in [4.69, 9.17) is 0 Å². The van der Waals surface area contributed by atoms with Crippen LogP contribution in [0.1, 0.15) is 37.3 Å². The lowest BCUT2D eigenvalue weighted by molar-refractivity contribution is 0.269. The molecule has 1 saturated carbocycles. The highest BCUT2D eigenvalue weighted by Gasteiger charge is 2.24. The zero-order chi connectivity index (χ0) is 20.3. The summed E-state index contributed by atoms with van der Waals surface area (Å²) in [6.07, 6.45) is 9.59. The van der Waals surface area contributed by atoms with E-state index in [0.29, 0.717) is 6.04 Å². The van der Waals surface area contributed by atoms with Gasteiger partial charge >= 0.3 is 0 Å². The second-order valence-electron chi connectivity index (χ2n) is 7.98. The summed E-state index contributed by atoms with van der Waals surface area (Å²) in [5.74, 6) is 0. The van der Waals surface area contributed by atoms with Crippen molar-refractivity contribution in [3.05, 3.63) is 83.0 Å². The molecule has 0 saturated heterocycles. The Hall–Kier alpha value is -3.25. The minimum absolute atomic E-state index is 0.0250. The third-order valence-electron chi connectivity index (χ3n) is 6.10. The number of aromatic amines is 1. The average molecular weight is 399 g/mol. The molecular weight excluding hydrogens is 374 g/mol. The van der Waals surface area contributed by atoms with E-state index < -0.39 is 0 Å². The largest absolute Gasteiger partial charge is 0.361 e. The highest BCUT2D eigenvalue weighted by molar-refractivity contribution is 5.82. The summed E-state index contributed by atoms with van der Waals surface area (Å²) in [6, 6.07) is 16.3. The Bertz CT molecular complexity index is 1190. The molecule has 1 fully saturated rings. The van der Waals surface area contributed by atoms with Gasteiger partial charge in [0.15, 0.2) is 0 Å². The van der Waals surface area contributed by atoms with E-state index >= 15 is 0 Å². The number of hydrogen-bond acceptors (Lipinski definition) is 4. The smallest absolute Gasteiger partial charge is 0.267 e. The Morgan fingerprint density at radius 1 is 1.00 bits per heavy atom. The van der Waals surface area contributed by atoms with E-state index in [2.05, 4.69) is 50.8 Å². The lowest BCUT2D eigenvalue weighted by atomic mass is 9.91.